The number of hydrogen-bond acceptors (Lipinski definition) is 5. The van der Waals surface area contributed by atoms with Crippen molar-refractivity contribution in [2.24, 2.45) is 0 Å². The zero-order valence-corrected chi connectivity index (χ0v) is 13.7. The molecule has 0 aliphatic heterocycles. The van der Waals surface area contributed by atoms with Crippen molar-refractivity contribution in [3.63, 3.8) is 0 Å². The number of nitro benzene ring substituents is 1. The maximum Gasteiger partial charge on any atom is 0.361 e. The van der Waals surface area contributed by atoms with Crippen LogP contribution in [-0.2, 0) is 11.2 Å². The van der Waals surface area contributed by atoms with Gasteiger partial charge in [-0.15, -0.1) is 0 Å². The van der Waals surface area contributed by atoms with E-state index in [-0.39, 0.29) is 24.3 Å². The van der Waals surface area contributed by atoms with Gasteiger partial charge in [-0.05, 0) is 26.2 Å². The van der Waals surface area contributed by atoms with Crippen molar-refractivity contribution in [3.8, 4) is 0 Å². The normalized spacial score (nSPS) is 20.4. The van der Waals surface area contributed by atoms with E-state index in [9.17, 15) is 14.9 Å². The summed E-state index contributed by atoms with van der Waals surface area (Å²) in [7, 11) is 1.66. The SMILES string of the molecule is COC1CCCC1n1oc(=O)c(Cc2ccccc2[N+](=O)[O-])c1C. The average Bonchev–Trinajstić information content (AvgIpc) is 3.14. The second kappa shape index (κ2) is 6.60. The summed E-state index contributed by atoms with van der Waals surface area (Å²) in [5.41, 5.74) is 1.26. The molecule has 2 atom stereocenters. The van der Waals surface area contributed by atoms with Gasteiger partial charge in [-0.25, -0.2) is 9.53 Å². The first kappa shape index (κ1) is 16.4. The Labute approximate surface area is 139 Å². The molecule has 0 saturated heterocycles. The van der Waals surface area contributed by atoms with Gasteiger partial charge in [0, 0.05) is 25.2 Å². The fourth-order valence-corrected chi connectivity index (χ4v) is 3.49. The third-order valence-corrected chi connectivity index (χ3v) is 4.77. The number of para-hydroxylation sites is 1. The smallest absolute Gasteiger partial charge is 0.361 e. The van der Waals surface area contributed by atoms with Crippen LogP contribution in [0.1, 0.15) is 42.1 Å². The molecule has 0 amide bonds. The highest BCUT2D eigenvalue weighted by molar-refractivity contribution is 5.43. The summed E-state index contributed by atoms with van der Waals surface area (Å²) in [5, 5.41) is 11.2. The van der Waals surface area contributed by atoms with E-state index in [2.05, 4.69) is 0 Å². The van der Waals surface area contributed by atoms with Crippen molar-refractivity contribution >= 4 is 5.69 Å². The van der Waals surface area contributed by atoms with Gasteiger partial charge in [-0.3, -0.25) is 10.1 Å². The monoisotopic (exact) mass is 332 g/mol. The molecule has 7 nitrogen and oxygen atoms in total. The quantitative estimate of drug-likeness (QED) is 0.620. The van der Waals surface area contributed by atoms with Crippen LogP contribution in [0.2, 0.25) is 0 Å². The summed E-state index contributed by atoms with van der Waals surface area (Å²) in [6.45, 7) is 1.82. The van der Waals surface area contributed by atoms with Crippen LogP contribution >= 0.6 is 0 Å². The first-order valence-corrected chi connectivity index (χ1v) is 7.99. The number of benzene rings is 1. The number of nitro groups is 1. The third-order valence-electron chi connectivity index (χ3n) is 4.77. The Morgan fingerprint density at radius 2 is 2.12 bits per heavy atom. The van der Waals surface area contributed by atoms with Crippen LogP contribution in [0.5, 0.6) is 0 Å². The predicted octanol–water partition coefficient (Wildman–Crippen LogP) is 2.99. The number of ether oxygens (including phenoxy) is 1. The van der Waals surface area contributed by atoms with Crippen LogP contribution in [0.3, 0.4) is 0 Å². The molecule has 1 saturated carbocycles. The van der Waals surface area contributed by atoms with Gasteiger partial charge >= 0.3 is 5.63 Å². The lowest BCUT2D eigenvalue weighted by molar-refractivity contribution is -0.385. The summed E-state index contributed by atoms with van der Waals surface area (Å²) < 4.78 is 12.6. The minimum atomic E-state index is -0.438. The number of rotatable bonds is 5. The molecule has 1 aliphatic carbocycles. The molecule has 0 bridgehead atoms. The van der Waals surface area contributed by atoms with Gasteiger partial charge in [-0.2, -0.15) is 0 Å². The molecule has 0 radical (unpaired) electrons. The van der Waals surface area contributed by atoms with E-state index in [4.69, 9.17) is 9.26 Å². The second-order valence-electron chi connectivity index (χ2n) is 6.10. The van der Waals surface area contributed by atoms with E-state index in [0.29, 0.717) is 16.8 Å². The molecule has 128 valence electrons. The van der Waals surface area contributed by atoms with E-state index in [1.54, 1.807) is 30.0 Å². The summed E-state index contributed by atoms with van der Waals surface area (Å²) in [6, 6.07) is 6.46. The molecule has 0 N–H and O–H groups in total. The highest BCUT2D eigenvalue weighted by Gasteiger charge is 2.32. The van der Waals surface area contributed by atoms with E-state index in [0.717, 1.165) is 19.3 Å². The van der Waals surface area contributed by atoms with Crippen LogP contribution in [0.4, 0.5) is 5.69 Å². The fourth-order valence-electron chi connectivity index (χ4n) is 3.49. The lowest BCUT2D eigenvalue weighted by atomic mass is 10.0. The Hall–Kier alpha value is -2.41. The van der Waals surface area contributed by atoms with E-state index in [1.165, 1.54) is 6.07 Å². The summed E-state index contributed by atoms with van der Waals surface area (Å²) in [5.74, 6) is 0. The van der Waals surface area contributed by atoms with Crippen molar-refractivity contribution in [1.29, 1.82) is 0 Å². The molecule has 3 rings (SSSR count). The van der Waals surface area contributed by atoms with Gasteiger partial charge in [0.2, 0.25) is 0 Å². The van der Waals surface area contributed by atoms with Gasteiger partial charge in [0.1, 0.15) is 0 Å². The highest BCUT2D eigenvalue weighted by atomic mass is 16.6. The number of hydrogen-bond donors (Lipinski definition) is 0. The zero-order chi connectivity index (χ0) is 17.3. The van der Waals surface area contributed by atoms with Crippen LogP contribution in [0.25, 0.3) is 0 Å². The van der Waals surface area contributed by atoms with Crippen molar-refractivity contribution in [2.75, 3.05) is 7.11 Å². The molecule has 1 fully saturated rings. The Morgan fingerprint density at radius 3 is 2.83 bits per heavy atom. The number of nitrogens with zero attached hydrogens (tertiary/aromatic N) is 2. The minimum absolute atomic E-state index is 0.00205. The lowest BCUT2D eigenvalue weighted by Crippen LogP contribution is -2.21. The molecule has 1 heterocycles. The standard InChI is InChI=1S/C17H20N2O5/c1-11-13(10-12-6-3-4-7-14(12)19(21)22)17(20)24-18(11)15-8-5-9-16(15)23-2/h3-4,6-7,15-16H,5,8-10H2,1-2H3. The maximum absolute atomic E-state index is 12.3. The third kappa shape index (κ3) is 2.87. The van der Waals surface area contributed by atoms with Crippen LogP contribution in [-0.4, -0.2) is 22.9 Å². The topological polar surface area (TPSA) is 87.5 Å². The summed E-state index contributed by atoms with van der Waals surface area (Å²) in [6.07, 6.45) is 3.05. The Morgan fingerprint density at radius 1 is 1.38 bits per heavy atom. The molecular weight excluding hydrogens is 312 g/mol. The number of methoxy groups -OCH3 is 1. The molecule has 2 aromatic rings. The van der Waals surface area contributed by atoms with Gasteiger partial charge in [0.15, 0.2) is 0 Å². The molecule has 0 spiro atoms. The fraction of sp³-hybridized carbons (Fsp3) is 0.471. The minimum Gasteiger partial charge on any atom is -0.379 e. The van der Waals surface area contributed by atoms with E-state index in [1.807, 2.05) is 6.92 Å². The van der Waals surface area contributed by atoms with Gasteiger partial charge in [-0.1, -0.05) is 18.2 Å². The first-order valence-electron chi connectivity index (χ1n) is 7.99. The molecule has 1 aliphatic rings. The largest absolute Gasteiger partial charge is 0.379 e. The molecule has 1 aromatic heterocycles. The van der Waals surface area contributed by atoms with E-state index >= 15 is 0 Å². The molecule has 2 unspecified atom stereocenters. The predicted molar refractivity (Wildman–Crippen MR) is 87.3 cm³/mol. The molecule has 1 aromatic carbocycles. The van der Waals surface area contributed by atoms with Crippen molar-refractivity contribution in [2.45, 2.75) is 44.8 Å². The van der Waals surface area contributed by atoms with Gasteiger partial charge < -0.3 is 9.26 Å². The van der Waals surface area contributed by atoms with E-state index < -0.39 is 10.5 Å². The van der Waals surface area contributed by atoms with Crippen LogP contribution in [0.15, 0.2) is 33.6 Å². The molecular formula is C17H20N2O5. The van der Waals surface area contributed by atoms with Crippen molar-refractivity contribution in [3.05, 3.63) is 61.6 Å². The van der Waals surface area contributed by atoms with Crippen LogP contribution in [0, 0.1) is 17.0 Å². The summed E-state index contributed by atoms with van der Waals surface area (Å²) in [4.78, 5) is 23.0. The van der Waals surface area contributed by atoms with Crippen molar-refractivity contribution < 1.29 is 14.2 Å². The Bertz CT molecular complexity index is 808. The molecule has 24 heavy (non-hydrogen) atoms. The number of aromatic nitrogens is 1. The van der Waals surface area contributed by atoms with Crippen molar-refractivity contribution in [1.82, 2.24) is 4.74 Å². The first-order chi connectivity index (χ1) is 11.5. The highest BCUT2D eigenvalue weighted by Crippen LogP contribution is 2.33. The van der Waals surface area contributed by atoms with Gasteiger partial charge in [0.25, 0.3) is 5.69 Å². The summed E-state index contributed by atoms with van der Waals surface area (Å²) >= 11 is 0. The maximum atomic E-state index is 12.3. The zero-order valence-electron chi connectivity index (χ0n) is 13.7. The average molecular weight is 332 g/mol. The Kier molecular flexibility index (Phi) is 4.53. The Balaban J connectivity index is 1.96. The lowest BCUT2D eigenvalue weighted by Gasteiger charge is -2.19. The second-order valence-corrected chi connectivity index (χ2v) is 6.10. The molecule has 7 heteroatoms. The van der Waals surface area contributed by atoms with Crippen LogP contribution < -0.4 is 5.63 Å². The van der Waals surface area contributed by atoms with Gasteiger partial charge in [0.05, 0.1) is 28.3 Å².